The number of quaternary nitrogens is 8. The predicted octanol–water partition coefficient (Wildman–Crippen LogP) is 5.70. The van der Waals surface area contributed by atoms with Crippen LogP contribution in [0.1, 0.15) is 107 Å². The van der Waals surface area contributed by atoms with Crippen LogP contribution in [0.3, 0.4) is 0 Å². The van der Waals surface area contributed by atoms with Gasteiger partial charge in [0.2, 0.25) is 0 Å². The number of halogens is 3. The molecule has 16 heteroatoms. The third-order valence-electron chi connectivity index (χ3n) is 20.4. The molecule has 6 aromatic carbocycles. The van der Waals surface area contributed by atoms with Crippen molar-refractivity contribution in [3.05, 3.63) is 236 Å². The molecule has 0 saturated carbocycles. The number of aliphatic hydroxyl groups is 4. The van der Waals surface area contributed by atoms with Crippen LogP contribution in [0.25, 0.3) is 10.8 Å². The molecule has 5 N–H and O–H groups in total. The molecule has 1 atom stereocenters. The number of benzene rings is 6. The van der Waals surface area contributed by atoms with Gasteiger partial charge in [0, 0.05) is 40.7 Å². The lowest BCUT2D eigenvalue weighted by Gasteiger charge is -2.41. The molecule has 0 aliphatic rings. The van der Waals surface area contributed by atoms with E-state index in [1.54, 1.807) is 12.1 Å². The molecule has 592 valence electrons. The lowest BCUT2D eigenvalue weighted by Crippen LogP contribution is -3.00. The second-order valence-electron chi connectivity index (χ2n) is 31.9. The van der Waals surface area contributed by atoms with Gasteiger partial charge in [-0.15, -0.1) is 0 Å². The fraction of sp³-hybridized carbons (Fsp3) is 0.528. The zero-order valence-electron chi connectivity index (χ0n) is 68.3. The van der Waals surface area contributed by atoms with Gasteiger partial charge < -0.3 is 112 Å². The standard InChI is InChI=1S/C24H46N2.C22H34N2.C18H34N2O4.C15H20N.C10H15NO.3BrH/c1-6-17-25(5,18-7-2)21-13-14-22-26(19-8-3,20-9-4)23-24-15-11-10-12-16-24;1-6-15-23(5,16-7-2)19-20-24(17-8-3,18-9-4)21-22-13-11-10-12-14-22;1-19(9-13-21,10-14-22)7-8-20(11-15-23,12-16-24)17-18-5-3-2-4-6-18;1-12(16(2,3)4)14-11-7-9-13-8-5-6-10-15(13)14;1-11(2,3)8-9-4-6-10(12)7-5-9;;;/h10-12,15-16H,6-9,13-14,17-23H2,1-5H3;6-14H,1-4,15-21H2,5H3;2-6,21-24H,7-17H2,1H3;5-12H,1-4H3;4-7H,8H2,1-3H3;3*1H/q3*+2;+1;;;;/p-2. The van der Waals surface area contributed by atoms with Crippen LogP contribution in [0.2, 0.25) is 0 Å². The van der Waals surface area contributed by atoms with Gasteiger partial charge >= 0.3 is 0 Å². The summed E-state index contributed by atoms with van der Waals surface area (Å²) in [7, 11) is 19.9. The van der Waals surface area contributed by atoms with Crippen LogP contribution in [0, 0.1) is 0 Å². The molecule has 0 aromatic heterocycles. The van der Waals surface area contributed by atoms with Crippen LogP contribution >= 0.6 is 0 Å². The summed E-state index contributed by atoms with van der Waals surface area (Å²) in [5, 5.41) is 49.5. The van der Waals surface area contributed by atoms with Crippen LogP contribution < -0.4 is 50.9 Å². The SMILES string of the molecule is C=CC[N+](C)(CC=C)CC[N+](CC=C)(CC=C)Cc1ccccc1.CC(c1cccc2ccccc12)[N+](C)(C)C.CCC[N+](C)(CCC)CCCC[N+](CCC)(CCC)Cc1ccccc1.C[N+](C)(C)Cc1ccc(O)cc1.C[N+](CCO)(CCO)CC[N+](CCO)(CCO)Cc1ccccc1.[Br-].[Br-].[Br-]. The summed E-state index contributed by atoms with van der Waals surface area (Å²) in [4.78, 5) is 0. The van der Waals surface area contributed by atoms with E-state index in [4.69, 9.17) is 5.11 Å². The number of aromatic hydroxyl groups is 1. The number of hydrogen-bond donors (Lipinski definition) is 5. The molecule has 105 heavy (non-hydrogen) atoms. The number of rotatable bonds is 45. The molecular weight excluding hydrogens is 1500 g/mol. The molecule has 0 radical (unpaired) electrons. The lowest BCUT2D eigenvalue weighted by atomic mass is 9.98. The minimum atomic E-state index is 0. The van der Waals surface area contributed by atoms with E-state index in [-0.39, 0.29) is 77.4 Å². The summed E-state index contributed by atoms with van der Waals surface area (Å²) in [6, 6.07) is 55.1. The Morgan fingerprint density at radius 2 is 0.686 bits per heavy atom. The second kappa shape index (κ2) is 54.8. The Balaban J connectivity index is 0. The Kier molecular flexibility index (Phi) is 53.4. The Labute approximate surface area is 673 Å². The van der Waals surface area contributed by atoms with Crippen molar-refractivity contribution in [2.75, 3.05) is 208 Å². The van der Waals surface area contributed by atoms with Crippen molar-refractivity contribution in [2.24, 2.45) is 0 Å². The van der Waals surface area contributed by atoms with Crippen LogP contribution in [0.4, 0.5) is 0 Å². The molecule has 1 unspecified atom stereocenters. The average molecular weight is 1650 g/mol. The Morgan fingerprint density at radius 1 is 0.333 bits per heavy atom. The molecule has 0 aliphatic heterocycles. The van der Waals surface area contributed by atoms with Gasteiger partial charge in [-0.2, -0.15) is 0 Å². The van der Waals surface area contributed by atoms with E-state index in [2.05, 4.69) is 233 Å². The number of hydrogen-bond acceptors (Lipinski definition) is 5. The number of nitrogens with zero attached hydrogens (tertiary/aromatic N) is 8. The highest BCUT2D eigenvalue weighted by Crippen LogP contribution is 2.30. The molecule has 0 fully saturated rings. The zero-order valence-corrected chi connectivity index (χ0v) is 73.1. The molecule has 6 rings (SSSR count). The summed E-state index contributed by atoms with van der Waals surface area (Å²) in [6.07, 6.45) is 16.0. The van der Waals surface area contributed by atoms with E-state index in [9.17, 15) is 20.4 Å². The van der Waals surface area contributed by atoms with E-state index in [1.165, 1.54) is 132 Å². The maximum Gasteiger partial charge on any atom is 0.129 e. The number of unbranched alkanes of at least 4 members (excludes halogenated alkanes) is 1. The minimum Gasteiger partial charge on any atom is -1.00 e. The smallest absolute Gasteiger partial charge is 0.129 e. The van der Waals surface area contributed by atoms with Crippen molar-refractivity contribution >= 4 is 10.8 Å². The average Bonchev–Trinajstić information content (AvgIpc) is 0.801. The third-order valence-corrected chi connectivity index (χ3v) is 20.4. The molecule has 0 amide bonds. The lowest BCUT2D eigenvalue weighted by molar-refractivity contribution is -0.981. The van der Waals surface area contributed by atoms with Crippen LogP contribution in [-0.2, 0) is 26.2 Å². The van der Waals surface area contributed by atoms with E-state index in [0.717, 1.165) is 89.9 Å². The summed E-state index contributed by atoms with van der Waals surface area (Å²) >= 11 is 0. The first kappa shape index (κ1) is 102. The van der Waals surface area contributed by atoms with Gasteiger partial charge in [-0.25, -0.2) is 0 Å². The first-order valence-corrected chi connectivity index (χ1v) is 38.5. The van der Waals surface area contributed by atoms with Crippen LogP contribution in [0.15, 0.2) is 208 Å². The maximum atomic E-state index is 9.56. The zero-order chi connectivity index (χ0) is 76.0. The molecule has 6 aromatic rings. The highest BCUT2D eigenvalue weighted by atomic mass is 79.9. The fourth-order valence-electron chi connectivity index (χ4n) is 14.6. The van der Waals surface area contributed by atoms with Crippen LogP contribution in [0.5, 0.6) is 5.75 Å². The summed E-state index contributed by atoms with van der Waals surface area (Å²) in [5.41, 5.74) is 6.73. The summed E-state index contributed by atoms with van der Waals surface area (Å²) in [6.45, 7) is 49.6. The van der Waals surface area contributed by atoms with Gasteiger partial charge in [0.1, 0.15) is 90.3 Å². The quantitative estimate of drug-likeness (QED) is 0.0192. The van der Waals surface area contributed by atoms with Gasteiger partial charge in [-0.1, -0.05) is 187 Å². The number of fused-ring (bicyclic) bond motifs is 1. The topological polar surface area (TPSA) is 101 Å². The van der Waals surface area contributed by atoms with Crippen molar-refractivity contribution in [1.29, 1.82) is 0 Å². The monoisotopic (exact) mass is 1650 g/mol. The van der Waals surface area contributed by atoms with E-state index >= 15 is 0 Å². The highest BCUT2D eigenvalue weighted by Gasteiger charge is 2.34. The molecule has 0 saturated heterocycles. The van der Waals surface area contributed by atoms with Crippen molar-refractivity contribution < 1.29 is 112 Å². The fourth-order valence-corrected chi connectivity index (χ4v) is 14.6. The molecule has 13 nitrogen and oxygen atoms in total. The number of aliphatic hydroxyl groups excluding tert-OH is 4. The number of phenols is 1. The van der Waals surface area contributed by atoms with Crippen molar-refractivity contribution in [3.8, 4) is 5.75 Å². The molecule has 0 aliphatic carbocycles. The maximum absolute atomic E-state index is 9.56. The Hall–Kier alpha value is -4.70. The summed E-state index contributed by atoms with van der Waals surface area (Å²) in [5.74, 6) is 0.333. The normalized spacial score (nSPS) is 12.1. The molecular formula is C89H150Br3N8O5+5. The number of phenolic OH excluding ortho intramolecular Hbond substituents is 1. The second-order valence-corrected chi connectivity index (χ2v) is 31.9. The van der Waals surface area contributed by atoms with Gasteiger partial charge in [-0.3, -0.25) is 0 Å². The first-order valence-electron chi connectivity index (χ1n) is 38.5. The van der Waals surface area contributed by atoms with Crippen molar-refractivity contribution in [1.82, 2.24) is 0 Å². The van der Waals surface area contributed by atoms with Gasteiger partial charge in [-0.05, 0) is 91.9 Å². The largest absolute Gasteiger partial charge is 1.00 e. The van der Waals surface area contributed by atoms with Crippen LogP contribution in [-0.4, -0.2) is 269 Å². The predicted molar refractivity (Wildman–Crippen MR) is 437 cm³/mol. The van der Waals surface area contributed by atoms with E-state index in [1.807, 2.05) is 61.7 Å². The van der Waals surface area contributed by atoms with Gasteiger partial charge in [0.15, 0.2) is 0 Å². The Morgan fingerprint density at radius 3 is 1.09 bits per heavy atom. The van der Waals surface area contributed by atoms with E-state index < -0.39 is 0 Å². The molecule has 0 heterocycles. The van der Waals surface area contributed by atoms with Crippen molar-refractivity contribution in [2.45, 2.75) is 105 Å². The van der Waals surface area contributed by atoms with E-state index in [0.29, 0.717) is 46.9 Å². The summed E-state index contributed by atoms with van der Waals surface area (Å²) < 4.78 is 7.49. The van der Waals surface area contributed by atoms with Crippen molar-refractivity contribution in [3.63, 3.8) is 0 Å². The first-order chi connectivity index (χ1) is 48.6. The van der Waals surface area contributed by atoms with Gasteiger partial charge in [0.05, 0.1) is 155 Å². The molecule has 0 spiro atoms. The molecule has 0 bridgehead atoms. The Bertz CT molecular complexity index is 3120. The highest BCUT2D eigenvalue weighted by molar-refractivity contribution is 5.85. The number of likely N-dealkylation sites (N-methyl/N-ethyl adjacent to an activating group) is 2. The minimum absolute atomic E-state index is 0. The third kappa shape index (κ3) is 41.1. The van der Waals surface area contributed by atoms with Gasteiger partial charge in [0.25, 0.3) is 0 Å².